The monoisotopic (exact) mass is 407 g/mol. The summed E-state index contributed by atoms with van der Waals surface area (Å²) in [5.74, 6) is -0.136. The lowest BCUT2D eigenvalue weighted by atomic mass is 10.1. The average molecular weight is 407 g/mol. The molecule has 0 atom stereocenters. The first-order chi connectivity index (χ1) is 14.4. The minimum absolute atomic E-state index is 0.0269. The molecule has 30 heavy (non-hydrogen) atoms. The van der Waals surface area contributed by atoms with Gasteiger partial charge in [0, 0.05) is 29.8 Å². The minimum atomic E-state index is -0.504. The summed E-state index contributed by atoms with van der Waals surface area (Å²) in [6, 6.07) is 12.6. The number of benzene rings is 2. The van der Waals surface area contributed by atoms with E-state index in [-0.39, 0.29) is 12.3 Å². The number of fused-ring (bicyclic) bond motifs is 1. The van der Waals surface area contributed by atoms with Gasteiger partial charge < -0.3 is 9.15 Å². The van der Waals surface area contributed by atoms with Crippen molar-refractivity contribution in [3.05, 3.63) is 86.3 Å². The van der Waals surface area contributed by atoms with E-state index in [0.717, 1.165) is 10.9 Å². The third-order valence-electron chi connectivity index (χ3n) is 4.05. The highest BCUT2D eigenvalue weighted by molar-refractivity contribution is 5.83. The van der Waals surface area contributed by atoms with Crippen LogP contribution in [-0.2, 0) is 4.79 Å². The summed E-state index contributed by atoms with van der Waals surface area (Å²) in [5.41, 5.74) is 3.37. The number of nitro benzene ring substituents is 1. The van der Waals surface area contributed by atoms with Crippen LogP contribution in [0.5, 0.6) is 5.75 Å². The van der Waals surface area contributed by atoms with Crippen molar-refractivity contribution in [2.75, 3.05) is 6.61 Å². The van der Waals surface area contributed by atoms with E-state index >= 15 is 0 Å². The molecule has 0 radical (unpaired) electrons. The third kappa shape index (κ3) is 5.16. The van der Waals surface area contributed by atoms with E-state index in [0.29, 0.717) is 16.9 Å². The second-order valence-corrected chi connectivity index (χ2v) is 6.18. The molecule has 152 valence electrons. The maximum atomic E-state index is 11.8. The number of rotatable bonds is 7. The molecule has 0 saturated carbocycles. The van der Waals surface area contributed by atoms with Crippen LogP contribution < -0.4 is 15.8 Å². The number of amides is 1. The minimum Gasteiger partial charge on any atom is -0.484 e. The van der Waals surface area contributed by atoms with Crippen LogP contribution in [-0.4, -0.2) is 23.7 Å². The molecule has 0 unspecified atom stereocenters. The third-order valence-corrected chi connectivity index (χ3v) is 4.05. The van der Waals surface area contributed by atoms with E-state index in [1.165, 1.54) is 36.6 Å². The van der Waals surface area contributed by atoms with Crippen LogP contribution in [0.4, 0.5) is 5.69 Å². The van der Waals surface area contributed by atoms with Gasteiger partial charge in [-0.25, -0.2) is 10.2 Å². The highest BCUT2D eigenvalue weighted by Gasteiger charge is 2.09. The van der Waals surface area contributed by atoms with E-state index < -0.39 is 16.5 Å². The fraction of sp³-hybridized carbons (Fsp3) is 0.0952. The van der Waals surface area contributed by atoms with E-state index in [2.05, 4.69) is 10.5 Å². The molecule has 2 aromatic carbocycles. The normalized spacial score (nSPS) is 11.2. The molecule has 0 bridgehead atoms. The SMILES string of the molecule is Cc1cc(=O)oc2cc(OCC(=O)N/N=C\C=C\c3ccccc3[N+](=O)[O-])ccc12. The zero-order valence-electron chi connectivity index (χ0n) is 15.9. The summed E-state index contributed by atoms with van der Waals surface area (Å²) in [6.07, 6.45) is 4.27. The molecule has 0 spiro atoms. The molecule has 0 saturated heterocycles. The van der Waals surface area contributed by atoms with Crippen molar-refractivity contribution in [2.45, 2.75) is 6.92 Å². The van der Waals surface area contributed by atoms with Gasteiger partial charge in [-0.05, 0) is 42.8 Å². The first-order valence-corrected chi connectivity index (χ1v) is 8.83. The van der Waals surface area contributed by atoms with Gasteiger partial charge in [0.15, 0.2) is 6.61 Å². The van der Waals surface area contributed by atoms with E-state index in [9.17, 15) is 19.7 Å². The number of nitro groups is 1. The predicted octanol–water partition coefficient (Wildman–Crippen LogP) is 3.20. The molecule has 3 rings (SSSR count). The number of carbonyl (C=O) groups excluding carboxylic acids is 1. The Kier molecular flexibility index (Phi) is 6.33. The van der Waals surface area contributed by atoms with Crippen LogP contribution in [0.15, 0.2) is 68.9 Å². The number of aryl methyl sites for hydroxylation is 1. The Morgan fingerprint density at radius 1 is 1.27 bits per heavy atom. The van der Waals surface area contributed by atoms with Gasteiger partial charge in [-0.15, -0.1) is 0 Å². The molecule has 0 fully saturated rings. The summed E-state index contributed by atoms with van der Waals surface area (Å²) in [4.78, 5) is 33.8. The first-order valence-electron chi connectivity index (χ1n) is 8.83. The lowest BCUT2D eigenvalue weighted by Crippen LogP contribution is -2.24. The second kappa shape index (κ2) is 9.28. The zero-order chi connectivity index (χ0) is 21.5. The number of carbonyl (C=O) groups is 1. The Hall–Kier alpha value is -4.27. The number of hydrogen-bond donors (Lipinski definition) is 1. The fourth-order valence-corrected chi connectivity index (χ4v) is 2.67. The summed E-state index contributed by atoms with van der Waals surface area (Å²) in [7, 11) is 0. The second-order valence-electron chi connectivity index (χ2n) is 6.18. The number of allylic oxidation sites excluding steroid dienone is 1. The molecule has 1 heterocycles. The molecule has 3 aromatic rings. The van der Waals surface area contributed by atoms with Gasteiger partial charge in [0.05, 0.1) is 10.5 Å². The number of nitrogens with zero attached hydrogens (tertiary/aromatic N) is 2. The molecule has 1 amide bonds. The van der Waals surface area contributed by atoms with Crippen molar-refractivity contribution in [3.8, 4) is 5.75 Å². The average Bonchev–Trinajstić information content (AvgIpc) is 2.71. The Morgan fingerprint density at radius 3 is 2.87 bits per heavy atom. The van der Waals surface area contributed by atoms with Gasteiger partial charge >= 0.3 is 5.63 Å². The molecule has 0 aliphatic rings. The number of hydrogen-bond acceptors (Lipinski definition) is 7. The smallest absolute Gasteiger partial charge is 0.336 e. The van der Waals surface area contributed by atoms with Crippen molar-refractivity contribution in [2.24, 2.45) is 5.10 Å². The van der Waals surface area contributed by atoms with E-state index in [1.807, 2.05) is 0 Å². The standard InChI is InChI=1S/C21H17N3O6/c1-14-11-21(26)30-19-12-16(8-9-17(14)19)29-13-20(25)23-22-10-4-6-15-5-2-3-7-18(15)24(27)28/h2-12H,13H2,1H3,(H,23,25)/b6-4+,22-10-. The number of nitrogens with one attached hydrogen (secondary N) is 1. The fourth-order valence-electron chi connectivity index (χ4n) is 2.67. The number of ether oxygens (including phenoxy) is 1. The summed E-state index contributed by atoms with van der Waals surface area (Å²) in [5, 5.41) is 15.4. The number of para-hydroxylation sites is 1. The van der Waals surface area contributed by atoms with Crippen LogP contribution in [0, 0.1) is 17.0 Å². The van der Waals surface area contributed by atoms with Gasteiger partial charge in [-0.2, -0.15) is 5.10 Å². The largest absolute Gasteiger partial charge is 0.484 e. The van der Waals surface area contributed by atoms with Crippen molar-refractivity contribution in [1.29, 1.82) is 0 Å². The van der Waals surface area contributed by atoms with Crippen molar-refractivity contribution < 1.29 is 18.9 Å². The van der Waals surface area contributed by atoms with Crippen LogP contribution in [0.3, 0.4) is 0 Å². The van der Waals surface area contributed by atoms with Crippen LogP contribution in [0.1, 0.15) is 11.1 Å². The van der Waals surface area contributed by atoms with Gasteiger partial charge in [-0.3, -0.25) is 14.9 Å². The summed E-state index contributed by atoms with van der Waals surface area (Å²) < 4.78 is 10.5. The van der Waals surface area contributed by atoms with Gasteiger partial charge in [-0.1, -0.05) is 12.1 Å². The van der Waals surface area contributed by atoms with Crippen LogP contribution in [0.25, 0.3) is 17.0 Å². The number of hydrazone groups is 1. The van der Waals surface area contributed by atoms with Crippen molar-refractivity contribution >= 4 is 34.9 Å². The Labute approximate surface area is 170 Å². The quantitative estimate of drug-likeness (QED) is 0.278. The summed E-state index contributed by atoms with van der Waals surface area (Å²) in [6.45, 7) is 1.50. The topological polar surface area (TPSA) is 124 Å². The molecular formula is C21H17N3O6. The summed E-state index contributed by atoms with van der Waals surface area (Å²) >= 11 is 0. The first kappa shape index (κ1) is 20.5. The van der Waals surface area contributed by atoms with Crippen LogP contribution in [0.2, 0.25) is 0 Å². The van der Waals surface area contributed by atoms with Gasteiger partial charge in [0.1, 0.15) is 11.3 Å². The molecular weight excluding hydrogens is 390 g/mol. The maximum absolute atomic E-state index is 11.8. The lowest BCUT2D eigenvalue weighted by Gasteiger charge is -2.06. The van der Waals surface area contributed by atoms with E-state index in [1.54, 1.807) is 37.3 Å². The molecule has 9 nitrogen and oxygen atoms in total. The maximum Gasteiger partial charge on any atom is 0.336 e. The Balaban J connectivity index is 1.53. The lowest BCUT2D eigenvalue weighted by molar-refractivity contribution is -0.385. The zero-order valence-corrected chi connectivity index (χ0v) is 15.9. The van der Waals surface area contributed by atoms with Crippen LogP contribution >= 0.6 is 0 Å². The van der Waals surface area contributed by atoms with Crippen molar-refractivity contribution in [3.63, 3.8) is 0 Å². The predicted molar refractivity (Wildman–Crippen MR) is 111 cm³/mol. The highest BCUT2D eigenvalue weighted by Crippen LogP contribution is 2.22. The highest BCUT2D eigenvalue weighted by atomic mass is 16.6. The Morgan fingerprint density at radius 2 is 2.07 bits per heavy atom. The molecule has 1 aromatic heterocycles. The van der Waals surface area contributed by atoms with E-state index in [4.69, 9.17) is 9.15 Å². The van der Waals surface area contributed by atoms with Crippen molar-refractivity contribution in [1.82, 2.24) is 5.43 Å². The van der Waals surface area contributed by atoms with Gasteiger partial charge in [0.2, 0.25) is 0 Å². The Bertz CT molecular complexity index is 1210. The van der Waals surface area contributed by atoms with Gasteiger partial charge in [0.25, 0.3) is 11.6 Å². The molecule has 9 heteroatoms. The molecule has 0 aliphatic heterocycles. The molecule has 0 aliphatic carbocycles. The molecule has 1 N–H and O–H groups in total.